The summed E-state index contributed by atoms with van der Waals surface area (Å²) in [6.45, 7) is 3.23. The average Bonchev–Trinajstić information content (AvgIpc) is 3.27. The Kier molecular flexibility index (Phi) is 6.22. The Bertz CT molecular complexity index is 449. The first-order chi connectivity index (χ1) is 11.9. The van der Waals surface area contributed by atoms with Gasteiger partial charge in [-0.2, -0.15) is 13.2 Å². The molecule has 3 aliphatic rings. The van der Waals surface area contributed by atoms with E-state index in [1.807, 2.05) is 4.90 Å². The number of likely N-dealkylation sites (tertiary alicyclic amines) is 2. The van der Waals surface area contributed by atoms with E-state index in [2.05, 4.69) is 4.90 Å². The van der Waals surface area contributed by atoms with Gasteiger partial charge in [-0.1, -0.05) is 0 Å². The number of amides is 1. The lowest BCUT2D eigenvalue weighted by Gasteiger charge is -2.32. The van der Waals surface area contributed by atoms with E-state index in [-0.39, 0.29) is 18.1 Å². The van der Waals surface area contributed by atoms with Crippen molar-refractivity contribution in [1.82, 2.24) is 14.7 Å². The molecule has 5 nitrogen and oxygen atoms in total. The van der Waals surface area contributed by atoms with E-state index in [4.69, 9.17) is 4.74 Å². The van der Waals surface area contributed by atoms with Crippen LogP contribution in [0.5, 0.6) is 0 Å². The smallest absolute Gasteiger partial charge is 0.377 e. The number of carbonyl (C=O) groups is 1. The molecule has 0 spiro atoms. The standard InChI is InChI=1S/C17H28F3N3O2/c18-17(19,20)13-21-8-5-14(10-21)23(11-15-4-3-9-25-15)12-16(24)22-6-1-2-7-22/h14-15H,1-13H2. The van der Waals surface area contributed by atoms with E-state index in [9.17, 15) is 18.0 Å². The molecule has 3 aliphatic heterocycles. The molecule has 8 heteroatoms. The third kappa shape index (κ3) is 5.56. The highest BCUT2D eigenvalue weighted by Crippen LogP contribution is 2.24. The maximum absolute atomic E-state index is 12.6. The Balaban J connectivity index is 1.58. The highest BCUT2D eigenvalue weighted by molar-refractivity contribution is 5.78. The van der Waals surface area contributed by atoms with Crippen LogP contribution in [0.4, 0.5) is 13.2 Å². The first-order valence-corrected chi connectivity index (χ1v) is 9.33. The Morgan fingerprint density at radius 3 is 2.52 bits per heavy atom. The number of rotatable bonds is 6. The van der Waals surface area contributed by atoms with Crippen molar-refractivity contribution in [3.05, 3.63) is 0 Å². The highest BCUT2D eigenvalue weighted by atomic mass is 19.4. The predicted octanol–water partition coefficient (Wildman–Crippen LogP) is 1.73. The lowest BCUT2D eigenvalue weighted by Crippen LogP contribution is -2.48. The molecule has 3 saturated heterocycles. The molecule has 0 aliphatic carbocycles. The summed E-state index contributed by atoms with van der Waals surface area (Å²) in [6, 6.07) is -0.00176. The quantitative estimate of drug-likeness (QED) is 0.720. The van der Waals surface area contributed by atoms with Crippen LogP contribution in [0.3, 0.4) is 0 Å². The average molecular weight is 363 g/mol. The summed E-state index contributed by atoms with van der Waals surface area (Å²) in [5, 5.41) is 0. The molecule has 0 aromatic heterocycles. The number of halogens is 3. The molecule has 0 aromatic rings. The van der Waals surface area contributed by atoms with Gasteiger partial charge in [0.2, 0.25) is 5.91 Å². The van der Waals surface area contributed by atoms with E-state index in [1.165, 1.54) is 4.90 Å². The zero-order chi connectivity index (χ0) is 17.9. The molecular formula is C17H28F3N3O2. The van der Waals surface area contributed by atoms with Crippen molar-refractivity contribution in [2.24, 2.45) is 0 Å². The van der Waals surface area contributed by atoms with Crippen molar-refractivity contribution >= 4 is 5.91 Å². The fraction of sp³-hybridized carbons (Fsp3) is 0.941. The summed E-state index contributed by atoms with van der Waals surface area (Å²) in [5.41, 5.74) is 0. The van der Waals surface area contributed by atoms with Crippen molar-refractivity contribution in [2.75, 3.05) is 52.4 Å². The van der Waals surface area contributed by atoms with Gasteiger partial charge in [0.1, 0.15) is 0 Å². The molecule has 2 atom stereocenters. The topological polar surface area (TPSA) is 36.0 Å². The van der Waals surface area contributed by atoms with Gasteiger partial charge in [0.25, 0.3) is 0 Å². The van der Waals surface area contributed by atoms with E-state index in [1.54, 1.807) is 0 Å². The fourth-order valence-electron chi connectivity index (χ4n) is 4.14. The molecule has 1 amide bonds. The monoisotopic (exact) mass is 363 g/mol. The Morgan fingerprint density at radius 2 is 1.88 bits per heavy atom. The molecule has 3 fully saturated rings. The van der Waals surface area contributed by atoms with Crippen molar-refractivity contribution in [3.8, 4) is 0 Å². The van der Waals surface area contributed by atoms with Gasteiger partial charge in [-0.25, -0.2) is 0 Å². The summed E-state index contributed by atoms with van der Waals surface area (Å²) in [4.78, 5) is 18.0. The molecule has 3 rings (SSSR count). The van der Waals surface area contributed by atoms with E-state index >= 15 is 0 Å². The van der Waals surface area contributed by atoms with Crippen LogP contribution >= 0.6 is 0 Å². The minimum Gasteiger partial charge on any atom is -0.377 e. The molecule has 3 heterocycles. The molecule has 144 valence electrons. The second-order valence-corrected chi connectivity index (χ2v) is 7.45. The zero-order valence-electron chi connectivity index (χ0n) is 14.6. The van der Waals surface area contributed by atoms with Crippen LogP contribution in [0, 0.1) is 0 Å². The van der Waals surface area contributed by atoms with Crippen LogP contribution in [0.1, 0.15) is 32.1 Å². The maximum Gasteiger partial charge on any atom is 0.401 e. The lowest BCUT2D eigenvalue weighted by molar-refractivity contribution is -0.144. The largest absolute Gasteiger partial charge is 0.401 e. The summed E-state index contributed by atoms with van der Waals surface area (Å²) < 4.78 is 43.6. The van der Waals surface area contributed by atoms with Gasteiger partial charge in [-0.05, 0) is 32.1 Å². The molecule has 0 aromatic carbocycles. The molecular weight excluding hydrogens is 335 g/mol. The van der Waals surface area contributed by atoms with Crippen molar-refractivity contribution in [2.45, 2.75) is 50.4 Å². The SMILES string of the molecule is O=C(CN(CC1CCCO1)C1CCN(CC(F)(F)F)C1)N1CCCC1. The summed E-state index contributed by atoms with van der Waals surface area (Å²) in [6.07, 6.45) is 0.677. The summed E-state index contributed by atoms with van der Waals surface area (Å²) in [5.74, 6) is 0.102. The second kappa shape index (κ2) is 8.22. The molecule has 0 N–H and O–H groups in total. The lowest BCUT2D eigenvalue weighted by atomic mass is 10.1. The van der Waals surface area contributed by atoms with E-state index < -0.39 is 12.7 Å². The van der Waals surface area contributed by atoms with Crippen molar-refractivity contribution in [3.63, 3.8) is 0 Å². The van der Waals surface area contributed by atoms with E-state index in [0.29, 0.717) is 32.6 Å². The minimum atomic E-state index is -4.17. The van der Waals surface area contributed by atoms with Crippen LogP contribution in [-0.2, 0) is 9.53 Å². The van der Waals surface area contributed by atoms with Gasteiger partial charge < -0.3 is 9.64 Å². The number of nitrogens with zero attached hydrogens (tertiary/aromatic N) is 3. The highest BCUT2D eigenvalue weighted by Gasteiger charge is 2.37. The number of hydrogen-bond acceptors (Lipinski definition) is 4. The normalized spacial score (nSPS) is 28.4. The third-order valence-corrected chi connectivity index (χ3v) is 5.43. The number of carbonyl (C=O) groups excluding carboxylic acids is 1. The van der Waals surface area contributed by atoms with Gasteiger partial charge in [-0.3, -0.25) is 14.6 Å². The Hall–Kier alpha value is -0.860. The van der Waals surface area contributed by atoms with Gasteiger partial charge in [0.05, 0.1) is 19.2 Å². The zero-order valence-corrected chi connectivity index (χ0v) is 14.6. The minimum absolute atomic E-state index is 0.00176. The molecule has 25 heavy (non-hydrogen) atoms. The van der Waals surface area contributed by atoms with Gasteiger partial charge in [0.15, 0.2) is 0 Å². The van der Waals surface area contributed by atoms with Crippen LogP contribution in [0.25, 0.3) is 0 Å². The summed E-state index contributed by atoms with van der Waals surface area (Å²) in [7, 11) is 0. The van der Waals surface area contributed by atoms with Crippen molar-refractivity contribution < 1.29 is 22.7 Å². The van der Waals surface area contributed by atoms with Crippen LogP contribution < -0.4 is 0 Å². The van der Waals surface area contributed by atoms with Crippen LogP contribution in [0.2, 0.25) is 0 Å². The first kappa shape index (κ1) is 18.9. The van der Waals surface area contributed by atoms with Gasteiger partial charge >= 0.3 is 6.18 Å². The molecule has 0 radical (unpaired) electrons. The number of alkyl halides is 3. The Morgan fingerprint density at radius 1 is 1.12 bits per heavy atom. The van der Waals surface area contributed by atoms with Gasteiger partial charge in [-0.15, -0.1) is 0 Å². The molecule has 0 saturated carbocycles. The molecule has 2 unspecified atom stereocenters. The van der Waals surface area contributed by atoms with Crippen molar-refractivity contribution in [1.29, 1.82) is 0 Å². The van der Waals surface area contributed by atoms with Crippen LogP contribution in [-0.4, -0.2) is 91.3 Å². The van der Waals surface area contributed by atoms with Crippen LogP contribution in [0.15, 0.2) is 0 Å². The van der Waals surface area contributed by atoms with Gasteiger partial charge in [0, 0.05) is 45.4 Å². The third-order valence-electron chi connectivity index (χ3n) is 5.43. The fourth-order valence-corrected chi connectivity index (χ4v) is 4.14. The molecule has 0 bridgehead atoms. The van der Waals surface area contributed by atoms with E-state index in [0.717, 1.165) is 45.4 Å². The Labute approximate surface area is 147 Å². The maximum atomic E-state index is 12.6. The number of ether oxygens (including phenoxy) is 1. The number of hydrogen-bond donors (Lipinski definition) is 0. The second-order valence-electron chi connectivity index (χ2n) is 7.45. The predicted molar refractivity (Wildman–Crippen MR) is 87.3 cm³/mol. The first-order valence-electron chi connectivity index (χ1n) is 9.33. The summed E-state index contributed by atoms with van der Waals surface area (Å²) >= 11 is 0.